The van der Waals surface area contributed by atoms with Gasteiger partial charge in [-0.25, -0.2) is 9.59 Å². The summed E-state index contributed by atoms with van der Waals surface area (Å²) in [6, 6.07) is 57.6. The number of nitrogens with zero attached hydrogens (tertiary/aromatic N) is 4. The van der Waals surface area contributed by atoms with Crippen molar-refractivity contribution in [3.63, 3.8) is 0 Å². The number of esters is 2. The van der Waals surface area contributed by atoms with E-state index in [9.17, 15) is 14.4 Å². The van der Waals surface area contributed by atoms with Crippen LogP contribution in [0.4, 0.5) is 0 Å². The molecule has 0 spiro atoms. The molecule has 0 atom stereocenters. The Hall–Kier alpha value is -6.11. The summed E-state index contributed by atoms with van der Waals surface area (Å²) in [6.07, 6.45) is 7.31. The molecule has 0 saturated heterocycles. The van der Waals surface area contributed by atoms with E-state index in [4.69, 9.17) is 14.9 Å². The molecule has 14 heteroatoms. The van der Waals surface area contributed by atoms with Gasteiger partial charge in [0.25, 0.3) is 0 Å². The standard InChI is InChI=1S/C27H24O2P.C15H12BrNO2.C6H4BrNO.C5H13N3.BrH/c28-27(29-21-23-13-5-1-6-14-23)22-30(24-15-7-2-8-16-24,25-17-9-3-10-18-25)26-19-11-4-12-20-26;16-13-6-7-14(17-10-13)8-9-15(18)19-11-12-4-2-1-3-5-12;7-5-1-2-6(4-9)8-3-5;1-7(2)5(6)8(3)4;/h1-20H,21-22H2;1-10H,11H2;1-4H;6H,1-4H3;1H/q+1;;;;/p-1/b;9-8+;;;. The predicted molar refractivity (Wildman–Crippen MR) is 276 cm³/mol. The number of hydrogen-bond acceptors (Lipinski definition) is 8. The van der Waals surface area contributed by atoms with Crippen molar-refractivity contribution in [1.82, 2.24) is 19.8 Å². The predicted octanol–water partition coefficient (Wildman–Crippen LogP) is 7.03. The van der Waals surface area contributed by atoms with E-state index in [2.05, 4.69) is 78.2 Å². The van der Waals surface area contributed by atoms with Gasteiger partial charge >= 0.3 is 11.9 Å². The first-order valence-corrected chi connectivity index (χ1v) is 24.2. The molecule has 0 aliphatic heterocycles. The monoisotopic (exact) mass is 1110 g/mol. The maximum Gasteiger partial charge on any atom is 0.345 e. The van der Waals surface area contributed by atoms with Crippen LogP contribution in [0, 0.1) is 5.41 Å². The zero-order valence-corrected chi connectivity index (χ0v) is 43.3. The van der Waals surface area contributed by atoms with Gasteiger partial charge in [0.15, 0.2) is 18.4 Å². The maximum atomic E-state index is 13.2. The molecular weight excluding hydrogens is 1060 g/mol. The van der Waals surface area contributed by atoms with Crippen LogP contribution >= 0.6 is 39.1 Å². The Labute approximate surface area is 422 Å². The fourth-order valence-corrected chi connectivity index (χ4v) is 10.5. The van der Waals surface area contributed by atoms with E-state index in [0.717, 1.165) is 20.1 Å². The Morgan fingerprint density at radius 3 is 1.28 bits per heavy atom. The van der Waals surface area contributed by atoms with Gasteiger partial charge in [0.05, 0.1) is 5.69 Å². The van der Waals surface area contributed by atoms with E-state index in [1.807, 2.05) is 156 Å². The molecule has 5 aromatic carbocycles. The number of rotatable bonds is 12. The molecule has 2 aromatic heterocycles. The Balaban J connectivity index is 0.000000273. The van der Waals surface area contributed by atoms with E-state index < -0.39 is 7.26 Å². The highest BCUT2D eigenvalue weighted by Crippen LogP contribution is 2.55. The molecule has 7 aromatic rings. The molecule has 10 nitrogen and oxygen atoms in total. The van der Waals surface area contributed by atoms with Gasteiger partial charge in [-0.2, -0.15) is 0 Å². The van der Waals surface area contributed by atoms with Crippen molar-refractivity contribution in [1.29, 1.82) is 5.41 Å². The molecule has 1 N–H and O–H groups in total. The average Bonchev–Trinajstić information content (AvgIpc) is 3.36. The van der Waals surface area contributed by atoms with Gasteiger partial charge in [-0.3, -0.25) is 20.2 Å². The zero-order valence-electron chi connectivity index (χ0n) is 37.7. The van der Waals surface area contributed by atoms with Crippen LogP contribution in [0.3, 0.4) is 0 Å². The molecule has 346 valence electrons. The molecule has 67 heavy (non-hydrogen) atoms. The minimum absolute atomic E-state index is 0. The second-order valence-corrected chi connectivity index (χ2v) is 19.9. The Kier molecular flexibility index (Phi) is 24.9. The first kappa shape index (κ1) is 55.2. The molecule has 0 unspecified atom stereocenters. The summed E-state index contributed by atoms with van der Waals surface area (Å²) in [5.74, 6) is -0.0395. The number of aldehydes is 1. The topological polar surface area (TPSA) is 126 Å². The fraction of sp³-hybridized carbons (Fsp3) is 0.132. The number of aromatic nitrogens is 2. The summed E-state index contributed by atoms with van der Waals surface area (Å²) >= 11 is 6.49. The summed E-state index contributed by atoms with van der Waals surface area (Å²) in [5, 5.41) is 10.8. The third kappa shape index (κ3) is 19.3. The van der Waals surface area contributed by atoms with Gasteiger partial charge in [0.2, 0.25) is 0 Å². The summed E-state index contributed by atoms with van der Waals surface area (Å²) in [6.45, 7) is 0.565. The number of hydrogen-bond donors (Lipinski definition) is 1. The maximum absolute atomic E-state index is 13.2. The quantitative estimate of drug-likeness (QED) is 0.0343. The number of guanidine groups is 1. The van der Waals surface area contributed by atoms with E-state index in [1.165, 1.54) is 22.0 Å². The summed E-state index contributed by atoms with van der Waals surface area (Å²) in [5.41, 5.74) is 3.12. The fourth-order valence-electron chi connectivity index (χ4n) is 6.02. The third-order valence-electron chi connectivity index (χ3n) is 9.28. The van der Waals surface area contributed by atoms with E-state index in [0.29, 0.717) is 29.8 Å². The number of ether oxygens (including phenoxy) is 2. The Morgan fingerprint density at radius 1 is 0.567 bits per heavy atom. The molecule has 0 saturated carbocycles. The van der Waals surface area contributed by atoms with Crippen LogP contribution in [0.25, 0.3) is 6.08 Å². The van der Waals surface area contributed by atoms with Gasteiger partial charge in [0.1, 0.15) is 42.1 Å². The van der Waals surface area contributed by atoms with E-state index in [-0.39, 0.29) is 42.1 Å². The van der Waals surface area contributed by atoms with Crippen LogP contribution in [-0.2, 0) is 32.3 Å². The Bertz CT molecular complexity index is 2440. The molecule has 0 fully saturated rings. The van der Waals surface area contributed by atoms with Crippen molar-refractivity contribution in [3.8, 4) is 0 Å². The normalized spacial score (nSPS) is 10.2. The lowest BCUT2D eigenvalue weighted by atomic mass is 10.2. The number of carbonyl (C=O) groups excluding carboxylic acids is 3. The molecule has 0 radical (unpaired) electrons. The lowest BCUT2D eigenvalue weighted by Gasteiger charge is -2.26. The number of halogens is 3. The van der Waals surface area contributed by atoms with Crippen LogP contribution in [0.5, 0.6) is 0 Å². The number of nitrogens with one attached hydrogen (secondary N) is 1. The minimum atomic E-state index is -2.21. The number of pyridine rings is 2. The number of carbonyl (C=O) groups is 3. The molecule has 0 amide bonds. The van der Waals surface area contributed by atoms with Crippen molar-refractivity contribution >= 4 is 85.3 Å². The molecule has 0 aliphatic rings. The lowest BCUT2D eigenvalue weighted by molar-refractivity contribution is -0.142. The highest BCUT2D eigenvalue weighted by molar-refractivity contribution is 9.10. The molecule has 0 bridgehead atoms. The van der Waals surface area contributed by atoms with Crippen LogP contribution in [0.2, 0.25) is 0 Å². The van der Waals surface area contributed by atoms with Crippen LogP contribution in [-0.4, -0.2) is 78.3 Å². The first-order valence-electron chi connectivity index (χ1n) is 20.7. The third-order valence-corrected chi connectivity index (χ3v) is 14.5. The van der Waals surface area contributed by atoms with Crippen LogP contribution in [0.1, 0.15) is 27.3 Å². The zero-order chi connectivity index (χ0) is 47.6. The van der Waals surface area contributed by atoms with Crippen LogP contribution < -0.4 is 32.9 Å². The SMILES string of the molecule is CN(C)C(=N)N(C)C.O=C(/C=C/c1ccc(Br)cn1)OCc1ccccc1.O=C(C[P+](c1ccccc1)(c1ccccc1)c1ccccc1)OCc1ccccc1.O=Cc1ccc(Br)cn1.[Br-]. The highest BCUT2D eigenvalue weighted by Gasteiger charge is 2.47. The first-order chi connectivity index (χ1) is 31.9. The largest absolute Gasteiger partial charge is 1.00 e. The summed E-state index contributed by atoms with van der Waals surface area (Å²) in [7, 11) is 5.19. The van der Waals surface area contributed by atoms with Crippen molar-refractivity contribution < 1.29 is 40.8 Å². The summed E-state index contributed by atoms with van der Waals surface area (Å²) in [4.78, 5) is 46.1. The molecule has 7 rings (SSSR count). The van der Waals surface area contributed by atoms with E-state index in [1.54, 1.807) is 40.4 Å². The van der Waals surface area contributed by atoms with Crippen LogP contribution in [0.15, 0.2) is 203 Å². The number of benzene rings is 5. The van der Waals surface area contributed by atoms with Crippen molar-refractivity contribution in [3.05, 3.63) is 226 Å². The smallest absolute Gasteiger partial charge is 0.345 e. The lowest BCUT2D eigenvalue weighted by Crippen LogP contribution is -3.00. The molecular formula is C53H53Br3N5O5P. The second-order valence-electron chi connectivity index (χ2n) is 14.6. The van der Waals surface area contributed by atoms with Gasteiger partial charge in [-0.15, -0.1) is 0 Å². The summed E-state index contributed by atoms with van der Waals surface area (Å²) < 4.78 is 12.6. The highest BCUT2D eigenvalue weighted by atomic mass is 79.9. The minimum Gasteiger partial charge on any atom is -1.00 e. The Morgan fingerprint density at radius 2 is 0.940 bits per heavy atom. The van der Waals surface area contributed by atoms with Crippen molar-refractivity contribution in [2.45, 2.75) is 13.2 Å². The average molecular weight is 1110 g/mol. The van der Waals surface area contributed by atoms with Gasteiger partial charge in [-0.1, -0.05) is 115 Å². The molecule has 2 heterocycles. The molecule has 0 aliphatic carbocycles. The van der Waals surface area contributed by atoms with Crippen molar-refractivity contribution in [2.24, 2.45) is 0 Å². The van der Waals surface area contributed by atoms with Gasteiger partial charge < -0.3 is 36.3 Å². The van der Waals surface area contributed by atoms with Gasteiger partial charge in [0, 0.05) is 55.6 Å². The van der Waals surface area contributed by atoms with Crippen molar-refractivity contribution in [2.75, 3.05) is 34.4 Å². The van der Waals surface area contributed by atoms with E-state index >= 15 is 0 Å². The van der Waals surface area contributed by atoms with Gasteiger partial charge in [-0.05, 0) is 110 Å². The second kappa shape index (κ2) is 30.2.